The molecule has 4 nitrogen and oxygen atoms in total. The van der Waals surface area contributed by atoms with Crippen LogP contribution in [0.15, 0.2) is 0 Å². The van der Waals surface area contributed by atoms with Crippen molar-refractivity contribution < 1.29 is 4.74 Å². The number of nitrogens with zero attached hydrogens (tertiary/aromatic N) is 2. The number of methoxy groups -OCH3 is 1. The maximum absolute atomic E-state index is 5.32. The number of aromatic nitrogens is 1. The van der Waals surface area contributed by atoms with Gasteiger partial charge < -0.3 is 15.0 Å². The minimum Gasteiger partial charge on any atom is -0.378 e. The summed E-state index contributed by atoms with van der Waals surface area (Å²) in [6, 6.07) is 0.733. The van der Waals surface area contributed by atoms with Crippen molar-refractivity contribution in [2.75, 3.05) is 25.6 Å². The smallest absolute Gasteiger partial charge is 0.186 e. The Morgan fingerprint density at radius 1 is 1.29 bits per heavy atom. The predicted molar refractivity (Wildman–Crippen MR) is 87.9 cm³/mol. The number of nitrogens with one attached hydrogen (secondary N) is 1. The van der Waals surface area contributed by atoms with Gasteiger partial charge in [-0.05, 0) is 38.6 Å². The average Bonchev–Trinajstić information content (AvgIpc) is 2.90. The van der Waals surface area contributed by atoms with Crippen molar-refractivity contribution in [3.63, 3.8) is 0 Å². The Kier molecular flexibility index (Phi) is 5.14. The van der Waals surface area contributed by atoms with Crippen LogP contribution in [-0.2, 0) is 17.9 Å². The molecule has 1 aliphatic carbocycles. The summed E-state index contributed by atoms with van der Waals surface area (Å²) in [6.45, 7) is 2.69. The molecule has 118 valence electrons. The van der Waals surface area contributed by atoms with Crippen LogP contribution >= 0.6 is 11.3 Å². The normalized spacial score (nSPS) is 25.9. The summed E-state index contributed by atoms with van der Waals surface area (Å²) in [5.74, 6) is 0.898. The number of thiazole rings is 1. The highest BCUT2D eigenvalue weighted by Crippen LogP contribution is 2.39. The number of hydrogen-bond donors (Lipinski definition) is 1. The van der Waals surface area contributed by atoms with E-state index in [1.807, 2.05) is 18.4 Å². The van der Waals surface area contributed by atoms with Crippen molar-refractivity contribution in [2.45, 2.75) is 57.7 Å². The van der Waals surface area contributed by atoms with Gasteiger partial charge >= 0.3 is 0 Å². The SMILES string of the molecule is CNCc1sc(N2CCCC3CCCCC32)nc1COC. The molecule has 1 saturated heterocycles. The largest absolute Gasteiger partial charge is 0.378 e. The first-order valence-corrected chi connectivity index (χ1v) is 9.04. The Morgan fingerprint density at radius 3 is 2.90 bits per heavy atom. The molecule has 1 aromatic rings. The van der Waals surface area contributed by atoms with E-state index in [-0.39, 0.29) is 0 Å². The van der Waals surface area contributed by atoms with E-state index in [1.165, 1.54) is 55.1 Å². The quantitative estimate of drug-likeness (QED) is 0.906. The fourth-order valence-electron chi connectivity index (χ4n) is 3.90. The molecule has 2 heterocycles. The van der Waals surface area contributed by atoms with Crippen LogP contribution in [0.2, 0.25) is 0 Å². The lowest BCUT2D eigenvalue weighted by Gasteiger charge is -2.44. The van der Waals surface area contributed by atoms with Gasteiger partial charge in [-0.15, -0.1) is 11.3 Å². The van der Waals surface area contributed by atoms with Crippen LogP contribution in [0.3, 0.4) is 0 Å². The highest BCUT2D eigenvalue weighted by Gasteiger charge is 2.34. The van der Waals surface area contributed by atoms with Gasteiger partial charge in [-0.3, -0.25) is 0 Å². The van der Waals surface area contributed by atoms with E-state index < -0.39 is 0 Å². The first-order chi connectivity index (χ1) is 10.3. The molecule has 0 radical (unpaired) electrons. The standard InChI is InChI=1S/C16H27N3OS/c1-17-10-15-13(11-20-2)18-16(21-15)19-9-5-7-12-6-3-4-8-14(12)19/h12,14,17H,3-11H2,1-2H3. The molecular weight excluding hydrogens is 282 g/mol. The summed E-state index contributed by atoms with van der Waals surface area (Å²) in [7, 11) is 3.74. The number of ether oxygens (including phenoxy) is 1. The van der Waals surface area contributed by atoms with Gasteiger partial charge in [0.05, 0.1) is 12.3 Å². The highest BCUT2D eigenvalue weighted by atomic mass is 32.1. The summed E-state index contributed by atoms with van der Waals surface area (Å²) in [6.07, 6.45) is 8.32. The van der Waals surface area contributed by atoms with E-state index in [0.717, 1.165) is 24.2 Å². The van der Waals surface area contributed by atoms with Crippen LogP contribution in [0.5, 0.6) is 0 Å². The lowest BCUT2D eigenvalue weighted by molar-refractivity contribution is 0.181. The molecule has 1 N–H and O–H groups in total. The van der Waals surface area contributed by atoms with Crippen molar-refractivity contribution >= 4 is 16.5 Å². The van der Waals surface area contributed by atoms with Crippen molar-refractivity contribution in [2.24, 2.45) is 5.92 Å². The minimum atomic E-state index is 0.620. The molecule has 2 unspecified atom stereocenters. The second-order valence-corrected chi connectivity index (χ2v) is 7.34. The molecule has 2 atom stereocenters. The van der Waals surface area contributed by atoms with Crippen molar-refractivity contribution in [1.29, 1.82) is 0 Å². The summed E-state index contributed by atoms with van der Waals surface area (Å²) in [5.41, 5.74) is 1.12. The maximum Gasteiger partial charge on any atom is 0.186 e. The van der Waals surface area contributed by atoms with E-state index in [4.69, 9.17) is 9.72 Å². The summed E-state index contributed by atoms with van der Waals surface area (Å²) in [4.78, 5) is 8.85. The molecule has 0 bridgehead atoms. The molecule has 5 heteroatoms. The number of fused-ring (bicyclic) bond motifs is 1. The molecule has 0 spiro atoms. The molecule has 3 rings (SSSR count). The summed E-state index contributed by atoms with van der Waals surface area (Å²) in [5, 5.41) is 4.48. The fourth-order valence-corrected chi connectivity index (χ4v) is 5.06. The second kappa shape index (κ2) is 7.07. The van der Waals surface area contributed by atoms with Crippen molar-refractivity contribution in [3.05, 3.63) is 10.6 Å². The van der Waals surface area contributed by atoms with Crippen LogP contribution in [0.1, 0.15) is 49.1 Å². The van der Waals surface area contributed by atoms with Gasteiger partial charge in [0.2, 0.25) is 0 Å². The monoisotopic (exact) mass is 309 g/mol. The van der Waals surface area contributed by atoms with Crippen molar-refractivity contribution in [1.82, 2.24) is 10.3 Å². The lowest BCUT2D eigenvalue weighted by Crippen LogP contribution is -2.46. The van der Waals surface area contributed by atoms with Gasteiger partial charge in [-0.25, -0.2) is 4.98 Å². The van der Waals surface area contributed by atoms with Crippen LogP contribution in [-0.4, -0.2) is 31.7 Å². The fraction of sp³-hybridized carbons (Fsp3) is 0.812. The van der Waals surface area contributed by atoms with E-state index >= 15 is 0 Å². The van der Waals surface area contributed by atoms with Gasteiger partial charge in [0.25, 0.3) is 0 Å². The minimum absolute atomic E-state index is 0.620. The van der Waals surface area contributed by atoms with Crippen LogP contribution in [0.4, 0.5) is 5.13 Å². The first-order valence-electron chi connectivity index (χ1n) is 8.22. The number of rotatable bonds is 5. The topological polar surface area (TPSA) is 37.4 Å². The number of anilines is 1. The Hall–Kier alpha value is -0.650. The van der Waals surface area contributed by atoms with E-state index in [0.29, 0.717) is 6.61 Å². The Bertz CT molecular complexity index is 437. The van der Waals surface area contributed by atoms with Gasteiger partial charge in [0, 0.05) is 31.1 Å². The zero-order valence-corrected chi connectivity index (χ0v) is 14.0. The van der Waals surface area contributed by atoms with E-state index in [2.05, 4.69) is 10.2 Å². The zero-order chi connectivity index (χ0) is 14.7. The van der Waals surface area contributed by atoms with Crippen LogP contribution < -0.4 is 10.2 Å². The Morgan fingerprint density at radius 2 is 2.10 bits per heavy atom. The number of piperidine rings is 1. The predicted octanol–water partition coefficient (Wildman–Crippen LogP) is 3.17. The lowest BCUT2D eigenvalue weighted by atomic mass is 9.78. The molecule has 2 fully saturated rings. The van der Waals surface area contributed by atoms with Gasteiger partial charge in [-0.2, -0.15) is 0 Å². The average molecular weight is 309 g/mol. The molecule has 0 amide bonds. The molecule has 1 aromatic heterocycles. The Balaban J connectivity index is 1.82. The molecule has 21 heavy (non-hydrogen) atoms. The molecule has 0 aromatic carbocycles. The van der Waals surface area contributed by atoms with Gasteiger partial charge in [0.15, 0.2) is 5.13 Å². The van der Waals surface area contributed by atoms with E-state index in [9.17, 15) is 0 Å². The van der Waals surface area contributed by atoms with Crippen molar-refractivity contribution in [3.8, 4) is 0 Å². The Labute approximate surface area is 131 Å². The molecule has 2 aliphatic rings. The summed E-state index contributed by atoms with van der Waals surface area (Å²) >= 11 is 1.86. The third-order valence-electron chi connectivity index (χ3n) is 4.87. The third-order valence-corrected chi connectivity index (χ3v) is 6.01. The van der Waals surface area contributed by atoms with Gasteiger partial charge in [-0.1, -0.05) is 12.8 Å². The molecular formula is C16H27N3OS. The maximum atomic E-state index is 5.32. The van der Waals surface area contributed by atoms with E-state index in [1.54, 1.807) is 7.11 Å². The first kappa shape index (κ1) is 15.3. The third kappa shape index (κ3) is 3.25. The zero-order valence-electron chi connectivity index (χ0n) is 13.2. The van der Waals surface area contributed by atoms with Crippen LogP contribution in [0, 0.1) is 5.92 Å². The summed E-state index contributed by atoms with van der Waals surface area (Å²) < 4.78 is 5.32. The second-order valence-electron chi connectivity index (χ2n) is 6.28. The van der Waals surface area contributed by atoms with Gasteiger partial charge in [0.1, 0.15) is 0 Å². The van der Waals surface area contributed by atoms with Crippen LogP contribution in [0.25, 0.3) is 0 Å². The molecule has 1 aliphatic heterocycles. The highest BCUT2D eigenvalue weighted by molar-refractivity contribution is 7.15. The molecule has 1 saturated carbocycles. The number of hydrogen-bond acceptors (Lipinski definition) is 5.